The van der Waals surface area contributed by atoms with Crippen LogP contribution < -0.4 is 5.32 Å². The maximum atomic E-state index is 14.6. The number of benzene rings is 2. The molecule has 1 spiro atoms. The van der Waals surface area contributed by atoms with Crippen molar-refractivity contribution in [2.45, 2.75) is 75.9 Å². The van der Waals surface area contributed by atoms with E-state index in [1.54, 1.807) is 4.90 Å². The molecule has 3 saturated heterocycles. The van der Waals surface area contributed by atoms with E-state index in [1.165, 1.54) is 17.4 Å². The predicted octanol–water partition coefficient (Wildman–Crippen LogP) is 3.73. The Hall–Kier alpha value is -3.26. The lowest BCUT2D eigenvalue weighted by molar-refractivity contribution is -0.173. The van der Waals surface area contributed by atoms with Crippen LogP contribution in [0.2, 0.25) is 0 Å². The SMILES string of the molecule is CC(=O)N1CC2(CCC(C(=O)N3C[C@H](F)C[C@H]3C(=O)N[C@@H](c3ccccc3)c3ccc(C(C)C)cc3)O2)C1. The summed E-state index contributed by atoms with van der Waals surface area (Å²) < 4.78 is 20.8. The van der Waals surface area contributed by atoms with E-state index in [0.29, 0.717) is 31.8 Å². The third-order valence-corrected chi connectivity index (χ3v) is 8.12. The molecule has 3 amide bonds. The van der Waals surface area contributed by atoms with Crippen LogP contribution in [0, 0.1) is 0 Å². The second-order valence-electron chi connectivity index (χ2n) is 11.2. The zero-order valence-electron chi connectivity index (χ0n) is 22.2. The minimum atomic E-state index is -1.28. The van der Waals surface area contributed by atoms with Gasteiger partial charge in [-0.2, -0.15) is 0 Å². The Balaban J connectivity index is 1.31. The summed E-state index contributed by atoms with van der Waals surface area (Å²) in [5.41, 5.74) is 2.53. The van der Waals surface area contributed by atoms with Crippen LogP contribution in [-0.2, 0) is 19.1 Å². The van der Waals surface area contributed by atoms with E-state index >= 15 is 0 Å². The van der Waals surface area contributed by atoms with Crippen LogP contribution in [0.4, 0.5) is 4.39 Å². The summed E-state index contributed by atoms with van der Waals surface area (Å²) in [6.07, 6.45) is -0.872. The number of carbonyl (C=O) groups is 3. The fourth-order valence-corrected chi connectivity index (χ4v) is 5.87. The highest BCUT2D eigenvalue weighted by Crippen LogP contribution is 2.39. The first-order valence-corrected chi connectivity index (χ1v) is 13.5. The Kier molecular flexibility index (Phi) is 7.27. The zero-order chi connectivity index (χ0) is 27.0. The topological polar surface area (TPSA) is 79.0 Å². The van der Waals surface area contributed by atoms with Gasteiger partial charge in [0, 0.05) is 13.3 Å². The monoisotopic (exact) mass is 521 g/mol. The first-order chi connectivity index (χ1) is 18.2. The number of rotatable bonds is 6. The summed E-state index contributed by atoms with van der Waals surface area (Å²) in [7, 11) is 0. The molecule has 38 heavy (non-hydrogen) atoms. The number of nitrogens with zero attached hydrogens (tertiary/aromatic N) is 2. The molecule has 202 valence electrons. The molecule has 3 heterocycles. The fourth-order valence-electron chi connectivity index (χ4n) is 5.87. The summed E-state index contributed by atoms with van der Waals surface area (Å²) >= 11 is 0. The van der Waals surface area contributed by atoms with Crippen molar-refractivity contribution < 1.29 is 23.5 Å². The van der Waals surface area contributed by atoms with Crippen molar-refractivity contribution in [2.24, 2.45) is 0 Å². The van der Waals surface area contributed by atoms with E-state index in [9.17, 15) is 18.8 Å². The Labute approximate surface area is 223 Å². The molecule has 0 radical (unpaired) electrons. The molecule has 5 rings (SSSR count). The average Bonchev–Trinajstić information content (AvgIpc) is 3.51. The molecule has 3 aliphatic rings. The molecule has 3 aliphatic heterocycles. The van der Waals surface area contributed by atoms with Crippen LogP contribution in [0.1, 0.15) is 68.7 Å². The standard InChI is InChI=1S/C30H36FN3O4/c1-19(2)21-9-11-23(12-10-21)27(22-7-5-4-6-8-22)32-28(36)25-15-24(31)16-34(25)29(37)26-13-14-30(38-26)17-33(18-30)20(3)35/h4-12,19,24-27H,13-18H2,1-3H3,(H,32,36)/t24-,25+,26?,27+/m1/s1. The minimum Gasteiger partial charge on any atom is -0.358 e. The van der Waals surface area contributed by atoms with Gasteiger partial charge in [-0.05, 0) is 35.4 Å². The summed E-state index contributed by atoms with van der Waals surface area (Å²) in [5, 5.41) is 3.11. The van der Waals surface area contributed by atoms with Crippen molar-refractivity contribution in [1.82, 2.24) is 15.1 Å². The van der Waals surface area contributed by atoms with Crippen LogP contribution in [0.5, 0.6) is 0 Å². The highest BCUT2D eigenvalue weighted by molar-refractivity contribution is 5.90. The van der Waals surface area contributed by atoms with Gasteiger partial charge in [0.2, 0.25) is 11.8 Å². The maximum Gasteiger partial charge on any atom is 0.252 e. The highest BCUT2D eigenvalue weighted by atomic mass is 19.1. The molecule has 1 N–H and O–H groups in total. The molecule has 0 saturated carbocycles. The van der Waals surface area contributed by atoms with Crippen molar-refractivity contribution >= 4 is 17.7 Å². The molecule has 8 heteroatoms. The lowest BCUT2D eigenvalue weighted by Crippen LogP contribution is -2.63. The van der Waals surface area contributed by atoms with Gasteiger partial charge in [0.25, 0.3) is 5.91 Å². The third kappa shape index (κ3) is 5.19. The van der Waals surface area contributed by atoms with Crippen molar-refractivity contribution in [3.8, 4) is 0 Å². The van der Waals surface area contributed by atoms with Gasteiger partial charge in [0.1, 0.15) is 23.9 Å². The lowest BCUT2D eigenvalue weighted by atomic mass is 9.91. The molecule has 0 aliphatic carbocycles. The fraction of sp³-hybridized carbons (Fsp3) is 0.500. The Morgan fingerprint density at radius 3 is 2.26 bits per heavy atom. The van der Waals surface area contributed by atoms with Gasteiger partial charge in [-0.1, -0.05) is 68.4 Å². The molecular formula is C30H36FN3O4. The minimum absolute atomic E-state index is 0.0163. The smallest absolute Gasteiger partial charge is 0.252 e. The molecule has 1 unspecified atom stereocenters. The summed E-state index contributed by atoms with van der Waals surface area (Å²) in [6.45, 7) is 6.59. The molecule has 2 aromatic rings. The molecule has 0 bridgehead atoms. The first-order valence-electron chi connectivity index (χ1n) is 13.5. The molecule has 0 aromatic heterocycles. The number of halogens is 1. The van der Waals surface area contributed by atoms with Gasteiger partial charge < -0.3 is 19.9 Å². The molecule has 7 nitrogen and oxygen atoms in total. The van der Waals surface area contributed by atoms with Gasteiger partial charge in [0.15, 0.2) is 0 Å². The summed E-state index contributed by atoms with van der Waals surface area (Å²) in [4.78, 5) is 41.7. The first kappa shape index (κ1) is 26.4. The number of carbonyl (C=O) groups excluding carboxylic acids is 3. The van der Waals surface area contributed by atoms with Crippen LogP contribution in [-0.4, -0.2) is 71.1 Å². The summed E-state index contributed by atoms with van der Waals surface area (Å²) in [5.74, 6) is -0.353. The lowest BCUT2D eigenvalue weighted by Gasteiger charge is -2.47. The van der Waals surface area contributed by atoms with Crippen LogP contribution in [0.3, 0.4) is 0 Å². The van der Waals surface area contributed by atoms with Gasteiger partial charge in [-0.3, -0.25) is 14.4 Å². The predicted molar refractivity (Wildman–Crippen MR) is 141 cm³/mol. The van der Waals surface area contributed by atoms with Crippen molar-refractivity contribution in [3.63, 3.8) is 0 Å². The largest absolute Gasteiger partial charge is 0.358 e. The number of likely N-dealkylation sites (tertiary alicyclic amines) is 2. The maximum absolute atomic E-state index is 14.6. The van der Waals surface area contributed by atoms with E-state index in [1.807, 2.05) is 42.5 Å². The number of ether oxygens (including phenoxy) is 1. The Morgan fingerprint density at radius 1 is 1.00 bits per heavy atom. The van der Waals surface area contributed by atoms with Crippen LogP contribution in [0.15, 0.2) is 54.6 Å². The van der Waals surface area contributed by atoms with E-state index in [2.05, 4.69) is 31.3 Å². The Bertz CT molecular complexity index is 1180. The molecular weight excluding hydrogens is 485 g/mol. The van der Waals surface area contributed by atoms with Gasteiger partial charge in [-0.15, -0.1) is 0 Å². The summed E-state index contributed by atoms with van der Waals surface area (Å²) in [6, 6.07) is 16.5. The molecule has 2 aromatic carbocycles. The second kappa shape index (κ2) is 10.5. The Morgan fingerprint density at radius 2 is 1.63 bits per heavy atom. The van der Waals surface area contributed by atoms with Crippen molar-refractivity contribution in [2.75, 3.05) is 19.6 Å². The number of hydrogen-bond donors (Lipinski definition) is 1. The van der Waals surface area contributed by atoms with Gasteiger partial charge >= 0.3 is 0 Å². The van der Waals surface area contributed by atoms with Crippen molar-refractivity contribution in [3.05, 3.63) is 71.3 Å². The van der Waals surface area contributed by atoms with E-state index in [-0.39, 0.29) is 30.7 Å². The van der Waals surface area contributed by atoms with Gasteiger partial charge in [0.05, 0.1) is 25.7 Å². The van der Waals surface area contributed by atoms with E-state index in [0.717, 1.165) is 11.1 Å². The highest BCUT2D eigenvalue weighted by Gasteiger charge is 2.53. The second-order valence-corrected chi connectivity index (χ2v) is 11.2. The third-order valence-electron chi connectivity index (χ3n) is 8.12. The number of amides is 3. The van der Waals surface area contributed by atoms with Crippen molar-refractivity contribution in [1.29, 1.82) is 0 Å². The number of hydrogen-bond acceptors (Lipinski definition) is 4. The van der Waals surface area contributed by atoms with E-state index < -0.39 is 30.0 Å². The van der Waals surface area contributed by atoms with E-state index in [4.69, 9.17) is 4.74 Å². The molecule has 4 atom stereocenters. The van der Waals surface area contributed by atoms with Gasteiger partial charge in [-0.25, -0.2) is 4.39 Å². The quantitative estimate of drug-likeness (QED) is 0.628. The number of alkyl halides is 1. The zero-order valence-corrected chi connectivity index (χ0v) is 22.2. The van der Waals surface area contributed by atoms with Crippen LogP contribution >= 0.6 is 0 Å². The molecule has 3 fully saturated rings. The van der Waals surface area contributed by atoms with Crippen LogP contribution in [0.25, 0.3) is 0 Å². The number of nitrogens with one attached hydrogen (secondary N) is 1. The average molecular weight is 522 g/mol. The normalized spacial score (nSPS) is 24.9.